The Kier molecular flexibility index (Phi) is 5.41. The van der Waals surface area contributed by atoms with Crippen LogP contribution in [0.1, 0.15) is 29.5 Å². The quantitative estimate of drug-likeness (QED) is 0.906. The lowest BCUT2D eigenvalue weighted by atomic mass is 9.96. The molecular formula is C16H26N2O2S. The first-order valence-electron chi connectivity index (χ1n) is 7.57. The molecule has 0 radical (unpaired) electrons. The number of nitrogens with one attached hydrogen (secondary N) is 1. The highest BCUT2D eigenvalue weighted by atomic mass is 32.2. The third kappa shape index (κ3) is 5.09. The zero-order valence-electron chi connectivity index (χ0n) is 13.2. The molecule has 0 aromatic heterocycles. The summed E-state index contributed by atoms with van der Waals surface area (Å²) in [5.74, 6) is 0.415. The average Bonchev–Trinajstić information content (AvgIpc) is 2.41. The van der Waals surface area contributed by atoms with Crippen molar-refractivity contribution in [3.05, 3.63) is 34.9 Å². The third-order valence-electron chi connectivity index (χ3n) is 4.26. The van der Waals surface area contributed by atoms with Gasteiger partial charge in [0.2, 0.25) is 10.0 Å². The average molecular weight is 310 g/mol. The van der Waals surface area contributed by atoms with Crippen LogP contribution in [0.15, 0.2) is 18.2 Å². The van der Waals surface area contributed by atoms with Crippen LogP contribution < -0.4 is 4.72 Å². The summed E-state index contributed by atoms with van der Waals surface area (Å²) in [6.07, 6.45) is 3.47. The van der Waals surface area contributed by atoms with Crippen molar-refractivity contribution in [3.8, 4) is 0 Å². The van der Waals surface area contributed by atoms with Gasteiger partial charge in [0.1, 0.15) is 0 Å². The molecule has 4 nitrogen and oxygen atoms in total. The molecule has 1 aromatic rings. The zero-order valence-corrected chi connectivity index (χ0v) is 14.0. The van der Waals surface area contributed by atoms with Crippen molar-refractivity contribution in [1.29, 1.82) is 0 Å². The van der Waals surface area contributed by atoms with E-state index in [1.807, 2.05) is 0 Å². The van der Waals surface area contributed by atoms with Crippen molar-refractivity contribution in [3.63, 3.8) is 0 Å². The van der Waals surface area contributed by atoms with Crippen LogP contribution in [0.3, 0.4) is 0 Å². The number of rotatable bonds is 5. The van der Waals surface area contributed by atoms with E-state index < -0.39 is 10.0 Å². The maximum absolute atomic E-state index is 11.2. The summed E-state index contributed by atoms with van der Waals surface area (Å²) in [4.78, 5) is 2.45. The number of likely N-dealkylation sites (tertiary alicyclic amines) is 1. The molecule has 21 heavy (non-hydrogen) atoms. The summed E-state index contributed by atoms with van der Waals surface area (Å²) in [5.41, 5.74) is 4.09. The Hall–Kier alpha value is -0.910. The highest BCUT2D eigenvalue weighted by Gasteiger charge is 2.21. The number of aryl methyl sites for hydroxylation is 2. The minimum Gasteiger partial charge on any atom is -0.299 e. The van der Waals surface area contributed by atoms with Crippen LogP contribution in [0.5, 0.6) is 0 Å². The fourth-order valence-electron chi connectivity index (χ4n) is 3.05. The van der Waals surface area contributed by atoms with Gasteiger partial charge in [-0.2, -0.15) is 0 Å². The molecule has 1 fully saturated rings. The Balaban J connectivity index is 1.95. The smallest absolute Gasteiger partial charge is 0.208 e. The molecule has 1 aromatic carbocycles. The van der Waals surface area contributed by atoms with Crippen molar-refractivity contribution in [1.82, 2.24) is 9.62 Å². The second-order valence-electron chi connectivity index (χ2n) is 6.23. The summed E-state index contributed by atoms with van der Waals surface area (Å²) in [7, 11) is -3.08. The van der Waals surface area contributed by atoms with E-state index in [2.05, 4.69) is 41.7 Å². The van der Waals surface area contributed by atoms with Gasteiger partial charge in [-0.3, -0.25) is 4.90 Å². The van der Waals surface area contributed by atoms with Gasteiger partial charge in [-0.1, -0.05) is 18.2 Å². The molecule has 5 heteroatoms. The minimum absolute atomic E-state index is 0.415. The molecule has 0 saturated carbocycles. The number of hydrogen-bond donors (Lipinski definition) is 1. The molecular weight excluding hydrogens is 284 g/mol. The summed E-state index contributed by atoms with van der Waals surface area (Å²) in [6.45, 7) is 7.92. The fraction of sp³-hybridized carbons (Fsp3) is 0.625. The van der Waals surface area contributed by atoms with Gasteiger partial charge in [0, 0.05) is 19.6 Å². The van der Waals surface area contributed by atoms with E-state index in [-0.39, 0.29) is 0 Å². The Labute approximate surface area is 128 Å². The monoisotopic (exact) mass is 310 g/mol. The summed E-state index contributed by atoms with van der Waals surface area (Å²) < 4.78 is 25.1. The Morgan fingerprint density at radius 1 is 1.29 bits per heavy atom. The summed E-state index contributed by atoms with van der Waals surface area (Å²) in [5, 5.41) is 0. The molecule has 0 amide bonds. The molecule has 0 bridgehead atoms. The number of sulfonamides is 1. The number of hydrogen-bond acceptors (Lipinski definition) is 3. The van der Waals surface area contributed by atoms with Crippen LogP contribution in [0, 0.1) is 19.8 Å². The van der Waals surface area contributed by atoms with Gasteiger partial charge < -0.3 is 0 Å². The van der Waals surface area contributed by atoms with Crippen LogP contribution in [0.2, 0.25) is 0 Å². The highest BCUT2D eigenvalue weighted by molar-refractivity contribution is 7.88. The third-order valence-corrected chi connectivity index (χ3v) is 4.95. The van der Waals surface area contributed by atoms with Crippen LogP contribution in [-0.4, -0.2) is 39.2 Å². The van der Waals surface area contributed by atoms with Gasteiger partial charge in [-0.25, -0.2) is 13.1 Å². The molecule has 1 heterocycles. The normalized spacial score (nSPS) is 20.6. The standard InChI is InChI=1S/C16H26N2O2S/c1-13-6-4-7-14(2)16(13)12-18-9-5-8-15(11-18)10-17-21(3,19)20/h4,6-7,15,17H,5,8-12H2,1-3H3. The topological polar surface area (TPSA) is 49.4 Å². The molecule has 1 aliphatic rings. The van der Waals surface area contributed by atoms with Gasteiger partial charge in [-0.15, -0.1) is 0 Å². The molecule has 1 N–H and O–H groups in total. The van der Waals surface area contributed by atoms with E-state index in [9.17, 15) is 8.42 Å². The van der Waals surface area contributed by atoms with E-state index in [0.29, 0.717) is 12.5 Å². The van der Waals surface area contributed by atoms with E-state index in [0.717, 1.165) is 32.5 Å². The Morgan fingerprint density at radius 3 is 2.57 bits per heavy atom. The molecule has 1 unspecified atom stereocenters. The predicted molar refractivity (Wildman–Crippen MR) is 86.8 cm³/mol. The lowest BCUT2D eigenvalue weighted by Gasteiger charge is -2.33. The summed E-state index contributed by atoms with van der Waals surface area (Å²) >= 11 is 0. The van der Waals surface area contributed by atoms with Crippen molar-refractivity contribution in [2.45, 2.75) is 33.2 Å². The fourth-order valence-corrected chi connectivity index (χ4v) is 3.59. The Bertz CT molecular complexity index is 564. The summed E-state index contributed by atoms with van der Waals surface area (Å²) in [6, 6.07) is 6.42. The molecule has 0 spiro atoms. The van der Waals surface area contributed by atoms with Crippen molar-refractivity contribution < 1.29 is 8.42 Å². The van der Waals surface area contributed by atoms with Gasteiger partial charge in [0.25, 0.3) is 0 Å². The van der Waals surface area contributed by atoms with Crippen LogP contribution in [0.4, 0.5) is 0 Å². The van der Waals surface area contributed by atoms with E-state index in [4.69, 9.17) is 0 Å². The minimum atomic E-state index is -3.08. The van der Waals surface area contributed by atoms with Crippen LogP contribution >= 0.6 is 0 Å². The molecule has 1 aliphatic heterocycles. The molecule has 0 aliphatic carbocycles. The van der Waals surface area contributed by atoms with Crippen molar-refractivity contribution in [2.75, 3.05) is 25.9 Å². The van der Waals surface area contributed by atoms with Gasteiger partial charge in [0.15, 0.2) is 0 Å². The number of piperidine rings is 1. The predicted octanol–water partition coefficient (Wildman–Crippen LogP) is 2.06. The maximum Gasteiger partial charge on any atom is 0.208 e. The molecule has 1 atom stereocenters. The number of nitrogens with zero attached hydrogens (tertiary/aromatic N) is 1. The Morgan fingerprint density at radius 2 is 1.95 bits per heavy atom. The van der Waals surface area contributed by atoms with Gasteiger partial charge in [0.05, 0.1) is 6.26 Å². The van der Waals surface area contributed by atoms with Crippen molar-refractivity contribution >= 4 is 10.0 Å². The van der Waals surface area contributed by atoms with Crippen LogP contribution in [0.25, 0.3) is 0 Å². The second kappa shape index (κ2) is 6.90. The maximum atomic E-state index is 11.2. The van der Waals surface area contributed by atoms with E-state index in [1.54, 1.807) is 0 Å². The highest BCUT2D eigenvalue weighted by Crippen LogP contribution is 2.21. The SMILES string of the molecule is Cc1cccc(C)c1CN1CCCC(CNS(C)(=O)=O)C1. The van der Waals surface area contributed by atoms with E-state index in [1.165, 1.54) is 22.9 Å². The van der Waals surface area contributed by atoms with E-state index >= 15 is 0 Å². The molecule has 2 rings (SSSR count). The molecule has 118 valence electrons. The first kappa shape index (κ1) is 16.5. The molecule has 1 saturated heterocycles. The number of benzene rings is 1. The first-order valence-corrected chi connectivity index (χ1v) is 9.46. The second-order valence-corrected chi connectivity index (χ2v) is 8.07. The van der Waals surface area contributed by atoms with Crippen molar-refractivity contribution in [2.24, 2.45) is 5.92 Å². The van der Waals surface area contributed by atoms with Crippen LogP contribution in [-0.2, 0) is 16.6 Å². The lowest BCUT2D eigenvalue weighted by Crippen LogP contribution is -2.40. The lowest BCUT2D eigenvalue weighted by molar-refractivity contribution is 0.168. The van der Waals surface area contributed by atoms with Gasteiger partial charge in [-0.05, 0) is 55.8 Å². The first-order chi connectivity index (χ1) is 9.85. The van der Waals surface area contributed by atoms with Gasteiger partial charge >= 0.3 is 0 Å². The zero-order chi connectivity index (χ0) is 15.5. The largest absolute Gasteiger partial charge is 0.299 e.